The van der Waals surface area contributed by atoms with Crippen LogP contribution in [0.15, 0.2) is 30.5 Å². The molecule has 2 aromatic rings. The van der Waals surface area contributed by atoms with E-state index in [-0.39, 0.29) is 11.9 Å². The van der Waals surface area contributed by atoms with Crippen molar-refractivity contribution >= 4 is 16.8 Å². The number of primary amides is 1. The number of aromatic nitrogens is 2. The quantitative estimate of drug-likeness (QED) is 0.819. The Morgan fingerprint density at radius 3 is 2.81 bits per heavy atom. The molecule has 0 bridgehead atoms. The van der Waals surface area contributed by atoms with Gasteiger partial charge >= 0.3 is 0 Å². The lowest BCUT2D eigenvalue weighted by molar-refractivity contribution is -0.124. The summed E-state index contributed by atoms with van der Waals surface area (Å²) in [6.45, 7) is 6.68. The number of fused-ring (bicyclic) bond motifs is 1. The van der Waals surface area contributed by atoms with E-state index < -0.39 is 5.54 Å². The summed E-state index contributed by atoms with van der Waals surface area (Å²) in [5.41, 5.74) is 6.00. The maximum Gasteiger partial charge on any atom is 0.237 e. The van der Waals surface area contributed by atoms with Gasteiger partial charge in [0.25, 0.3) is 0 Å². The zero-order valence-electron chi connectivity index (χ0n) is 13.0. The maximum absolute atomic E-state index is 11.7. The van der Waals surface area contributed by atoms with Crippen LogP contribution < -0.4 is 11.1 Å². The van der Waals surface area contributed by atoms with Crippen LogP contribution in [0, 0.1) is 0 Å². The van der Waals surface area contributed by atoms with Gasteiger partial charge in [-0.3, -0.25) is 9.48 Å². The van der Waals surface area contributed by atoms with Crippen molar-refractivity contribution in [3.8, 4) is 0 Å². The highest BCUT2D eigenvalue weighted by molar-refractivity contribution is 5.84. The molecule has 5 heteroatoms. The fourth-order valence-electron chi connectivity index (χ4n) is 2.69. The van der Waals surface area contributed by atoms with Crippen molar-refractivity contribution < 1.29 is 4.79 Å². The number of hydrogen-bond acceptors (Lipinski definition) is 3. The third kappa shape index (κ3) is 3.61. The Kier molecular flexibility index (Phi) is 4.63. The summed E-state index contributed by atoms with van der Waals surface area (Å²) in [5, 5.41) is 8.80. The molecule has 0 saturated carbocycles. The molecule has 21 heavy (non-hydrogen) atoms. The van der Waals surface area contributed by atoms with Crippen LogP contribution in [0.4, 0.5) is 0 Å². The second kappa shape index (κ2) is 6.26. The van der Waals surface area contributed by atoms with E-state index in [1.54, 1.807) is 0 Å². The van der Waals surface area contributed by atoms with Gasteiger partial charge in [0.05, 0.1) is 17.3 Å². The number of nitrogens with one attached hydrogen (secondary N) is 1. The summed E-state index contributed by atoms with van der Waals surface area (Å²) >= 11 is 0. The molecule has 1 amide bonds. The Morgan fingerprint density at radius 2 is 2.14 bits per heavy atom. The van der Waals surface area contributed by atoms with E-state index in [2.05, 4.69) is 16.5 Å². The van der Waals surface area contributed by atoms with Crippen LogP contribution in [0.1, 0.15) is 33.6 Å². The van der Waals surface area contributed by atoms with E-state index in [9.17, 15) is 4.79 Å². The highest BCUT2D eigenvalue weighted by Gasteiger charge is 2.30. The summed E-state index contributed by atoms with van der Waals surface area (Å²) < 4.78 is 1.98. The molecular weight excluding hydrogens is 264 g/mol. The number of para-hydroxylation sites is 1. The van der Waals surface area contributed by atoms with Crippen LogP contribution in [0.5, 0.6) is 0 Å². The van der Waals surface area contributed by atoms with Gasteiger partial charge in [0.2, 0.25) is 5.91 Å². The largest absolute Gasteiger partial charge is 0.368 e. The summed E-state index contributed by atoms with van der Waals surface area (Å²) in [4.78, 5) is 11.7. The Morgan fingerprint density at radius 1 is 1.43 bits per heavy atom. The van der Waals surface area contributed by atoms with Crippen molar-refractivity contribution in [2.24, 2.45) is 5.73 Å². The zero-order valence-corrected chi connectivity index (χ0v) is 13.0. The molecule has 0 aliphatic heterocycles. The van der Waals surface area contributed by atoms with E-state index in [1.807, 2.05) is 49.8 Å². The number of rotatable bonds is 7. The predicted octanol–water partition coefficient (Wildman–Crippen LogP) is 2.06. The van der Waals surface area contributed by atoms with Crippen molar-refractivity contribution in [1.29, 1.82) is 0 Å². The van der Waals surface area contributed by atoms with Crippen molar-refractivity contribution in [1.82, 2.24) is 15.1 Å². The predicted molar refractivity (Wildman–Crippen MR) is 84.8 cm³/mol. The van der Waals surface area contributed by atoms with Gasteiger partial charge < -0.3 is 11.1 Å². The number of hydrogen-bond donors (Lipinski definition) is 2. The van der Waals surface area contributed by atoms with Crippen LogP contribution in [0.2, 0.25) is 0 Å². The molecule has 2 rings (SSSR count). The number of benzene rings is 1. The summed E-state index contributed by atoms with van der Waals surface area (Å²) in [6.07, 6.45) is 3.40. The first-order chi connectivity index (χ1) is 9.92. The third-order valence-electron chi connectivity index (χ3n) is 3.75. The third-order valence-corrected chi connectivity index (χ3v) is 3.75. The topological polar surface area (TPSA) is 72.9 Å². The van der Waals surface area contributed by atoms with Gasteiger partial charge in [-0.05, 0) is 39.7 Å². The lowest BCUT2D eigenvalue weighted by atomic mass is 9.94. The molecule has 3 N–H and O–H groups in total. The lowest BCUT2D eigenvalue weighted by Gasteiger charge is -2.29. The normalized spacial score (nSPS) is 14.5. The Balaban J connectivity index is 2.01. The number of carbonyl (C=O) groups excluding carboxylic acids is 1. The number of nitrogens with two attached hydrogens (primary N) is 1. The molecule has 1 aromatic carbocycles. The molecule has 1 unspecified atom stereocenters. The molecule has 1 heterocycles. The Labute approximate surface area is 125 Å². The molecule has 0 fully saturated rings. The molecular formula is C16H24N4O. The van der Waals surface area contributed by atoms with E-state index >= 15 is 0 Å². The fraction of sp³-hybridized carbons (Fsp3) is 0.500. The van der Waals surface area contributed by atoms with Gasteiger partial charge in [-0.2, -0.15) is 5.10 Å². The summed E-state index contributed by atoms with van der Waals surface area (Å²) in [7, 11) is 0. The summed E-state index contributed by atoms with van der Waals surface area (Å²) in [5.74, 6) is -0.304. The maximum atomic E-state index is 11.7. The van der Waals surface area contributed by atoms with Crippen LogP contribution in [0.25, 0.3) is 10.9 Å². The molecule has 5 nitrogen and oxygen atoms in total. The molecule has 0 aliphatic rings. The standard InChI is InChI=1S/C16H24N4O/c1-12(2)19-16(3,15(17)21)9-6-10-20-14-8-5-4-7-13(14)11-18-20/h4-5,7-8,11-12,19H,6,9-10H2,1-3H3,(H2,17,21). The molecule has 0 radical (unpaired) electrons. The number of carbonyl (C=O) groups is 1. The number of aryl methyl sites for hydroxylation is 1. The number of amides is 1. The van der Waals surface area contributed by atoms with Crippen molar-refractivity contribution in [3.05, 3.63) is 30.5 Å². The van der Waals surface area contributed by atoms with Gasteiger partial charge in [-0.1, -0.05) is 18.2 Å². The van der Waals surface area contributed by atoms with Gasteiger partial charge in [0.1, 0.15) is 0 Å². The monoisotopic (exact) mass is 288 g/mol. The minimum Gasteiger partial charge on any atom is -0.368 e. The average Bonchev–Trinajstić information content (AvgIpc) is 2.81. The van der Waals surface area contributed by atoms with Gasteiger partial charge in [-0.25, -0.2) is 0 Å². The van der Waals surface area contributed by atoms with Crippen molar-refractivity contribution in [3.63, 3.8) is 0 Å². The van der Waals surface area contributed by atoms with Crippen molar-refractivity contribution in [2.45, 2.75) is 51.7 Å². The number of nitrogens with zero attached hydrogens (tertiary/aromatic N) is 2. The molecule has 0 spiro atoms. The fourth-order valence-corrected chi connectivity index (χ4v) is 2.69. The first-order valence-electron chi connectivity index (χ1n) is 7.40. The molecule has 1 aromatic heterocycles. The molecule has 0 aliphatic carbocycles. The minimum atomic E-state index is -0.670. The van der Waals surface area contributed by atoms with Crippen molar-refractivity contribution in [2.75, 3.05) is 0 Å². The van der Waals surface area contributed by atoms with Crippen LogP contribution >= 0.6 is 0 Å². The average molecular weight is 288 g/mol. The highest BCUT2D eigenvalue weighted by Crippen LogP contribution is 2.17. The van der Waals surface area contributed by atoms with Crippen LogP contribution in [-0.4, -0.2) is 27.3 Å². The Hall–Kier alpha value is -1.88. The van der Waals surface area contributed by atoms with Crippen LogP contribution in [0.3, 0.4) is 0 Å². The van der Waals surface area contributed by atoms with E-state index in [4.69, 9.17) is 5.73 Å². The van der Waals surface area contributed by atoms with Gasteiger partial charge in [-0.15, -0.1) is 0 Å². The second-order valence-electron chi connectivity index (χ2n) is 6.03. The summed E-state index contributed by atoms with van der Waals surface area (Å²) in [6, 6.07) is 8.33. The smallest absolute Gasteiger partial charge is 0.237 e. The van der Waals surface area contributed by atoms with Gasteiger partial charge in [0.15, 0.2) is 0 Å². The zero-order chi connectivity index (χ0) is 15.5. The van der Waals surface area contributed by atoms with E-state index in [1.165, 1.54) is 0 Å². The minimum absolute atomic E-state index is 0.216. The first-order valence-corrected chi connectivity index (χ1v) is 7.40. The van der Waals surface area contributed by atoms with Gasteiger partial charge in [0, 0.05) is 18.0 Å². The molecule has 1 atom stereocenters. The van der Waals surface area contributed by atoms with E-state index in [0.29, 0.717) is 6.42 Å². The molecule has 0 saturated heterocycles. The second-order valence-corrected chi connectivity index (χ2v) is 6.03. The van der Waals surface area contributed by atoms with E-state index in [0.717, 1.165) is 23.9 Å². The molecule has 114 valence electrons. The SMILES string of the molecule is CC(C)NC(C)(CCCn1ncc2ccccc21)C(N)=O. The highest BCUT2D eigenvalue weighted by atomic mass is 16.1. The van der Waals surface area contributed by atoms with Crippen LogP contribution in [-0.2, 0) is 11.3 Å². The first kappa shape index (κ1) is 15.5. The Bertz CT molecular complexity index is 620. The lowest BCUT2D eigenvalue weighted by Crippen LogP contribution is -2.55.